The second-order valence-electron chi connectivity index (χ2n) is 5.17. The fourth-order valence-corrected chi connectivity index (χ4v) is 2.46. The Balaban J connectivity index is 1.89. The Morgan fingerprint density at radius 2 is 2.35 bits per heavy atom. The fraction of sp³-hybridized carbons (Fsp3) is 0.769. The van der Waals surface area contributed by atoms with Gasteiger partial charge in [0.1, 0.15) is 0 Å². The predicted molar refractivity (Wildman–Crippen MR) is 69.6 cm³/mol. The van der Waals surface area contributed by atoms with E-state index >= 15 is 0 Å². The van der Waals surface area contributed by atoms with Gasteiger partial charge in [0.25, 0.3) is 0 Å². The molecule has 1 heterocycles. The first kappa shape index (κ1) is 12.6. The number of aryl methyl sites for hydroxylation is 1. The van der Waals surface area contributed by atoms with E-state index in [9.17, 15) is 0 Å². The maximum Gasteiger partial charge on any atom is 0.0534 e. The molecule has 0 aromatic carbocycles. The molecule has 2 N–H and O–H groups in total. The average Bonchev–Trinajstić information content (AvgIpc) is 3.03. The highest BCUT2D eigenvalue weighted by molar-refractivity contribution is 5.04. The van der Waals surface area contributed by atoms with E-state index < -0.39 is 0 Å². The van der Waals surface area contributed by atoms with E-state index in [4.69, 9.17) is 5.73 Å². The molecular formula is C13H24N4. The van der Waals surface area contributed by atoms with E-state index in [0.717, 1.165) is 32.0 Å². The lowest BCUT2D eigenvalue weighted by Crippen LogP contribution is -2.39. The van der Waals surface area contributed by atoms with E-state index in [1.54, 1.807) is 0 Å². The number of likely N-dealkylation sites (N-methyl/N-ethyl adjacent to an activating group) is 1. The summed E-state index contributed by atoms with van der Waals surface area (Å²) in [4.78, 5) is 2.38. The van der Waals surface area contributed by atoms with Crippen molar-refractivity contribution in [2.45, 2.75) is 45.3 Å². The van der Waals surface area contributed by atoms with Crippen molar-refractivity contribution in [3.8, 4) is 0 Å². The van der Waals surface area contributed by atoms with Gasteiger partial charge in [0, 0.05) is 37.4 Å². The summed E-state index contributed by atoms with van der Waals surface area (Å²) < 4.78 is 2.03. The Morgan fingerprint density at radius 3 is 2.94 bits per heavy atom. The average molecular weight is 236 g/mol. The third kappa shape index (κ3) is 3.30. The van der Waals surface area contributed by atoms with Gasteiger partial charge in [-0.05, 0) is 32.2 Å². The van der Waals surface area contributed by atoms with Crippen LogP contribution in [0.25, 0.3) is 0 Å². The molecule has 0 saturated heterocycles. The zero-order chi connectivity index (χ0) is 12.3. The van der Waals surface area contributed by atoms with Crippen molar-refractivity contribution in [1.82, 2.24) is 14.7 Å². The molecule has 0 bridgehead atoms. The second-order valence-corrected chi connectivity index (χ2v) is 5.17. The van der Waals surface area contributed by atoms with Crippen LogP contribution in [0.5, 0.6) is 0 Å². The van der Waals surface area contributed by atoms with Crippen LogP contribution in [0.1, 0.15) is 31.7 Å². The molecule has 0 aliphatic heterocycles. The van der Waals surface area contributed by atoms with Crippen LogP contribution < -0.4 is 5.73 Å². The minimum absolute atomic E-state index is 0.546. The number of nitrogens with zero attached hydrogens (tertiary/aromatic N) is 3. The third-order valence-corrected chi connectivity index (χ3v) is 3.55. The van der Waals surface area contributed by atoms with Crippen molar-refractivity contribution in [3.05, 3.63) is 18.0 Å². The van der Waals surface area contributed by atoms with Crippen LogP contribution >= 0.6 is 0 Å². The number of nitrogens with two attached hydrogens (primary N) is 1. The molecule has 1 atom stereocenters. The predicted octanol–water partition coefficient (Wildman–Crippen LogP) is 1.46. The highest BCUT2D eigenvalue weighted by Crippen LogP contribution is 2.34. The summed E-state index contributed by atoms with van der Waals surface area (Å²) in [5.41, 5.74) is 7.15. The number of hydrogen-bond acceptors (Lipinski definition) is 3. The highest BCUT2D eigenvalue weighted by atomic mass is 15.3. The zero-order valence-electron chi connectivity index (χ0n) is 11.0. The SMILES string of the molecule is CCCn1cc(CN(C)C(CN)C2CC2)cn1. The Hall–Kier alpha value is -0.870. The Bertz CT molecular complexity index is 343. The standard InChI is InChI=1S/C13H24N4/c1-3-6-17-10-11(8-15-17)9-16(2)13(7-14)12-4-5-12/h8,10,12-13H,3-7,9,14H2,1-2H3. The molecule has 0 amide bonds. The molecule has 1 aliphatic rings. The van der Waals surface area contributed by atoms with Crippen LogP contribution in [-0.4, -0.2) is 34.3 Å². The van der Waals surface area contributed by atoms with Gasteiger partial charge in [-0.15, -0.1) is 0 Å². The van der Waals surface area contributed by atoms with Gasteiger partial charge in [-0.3, -0.25) is 9.58 Å². The molecule has 1 aromatic heterocycles. The maximum atomic E-state index is 5.86. The van der Waals surface area contributed by atoms with Crippen molar-refractivity contribution in [1.29, 1.82) is 0 Å². The Morgan fingerprint density at radius 1 is 1.59 bits per heavy atom. The molecule has 4 heteroatoms. The van der Waals surface area contributed by atoms with E-state index in [2.05, 4.69) is 30.2 Å². The van der Waals surface area contributed by atoms with Crippen LogP contribution in [0.2, 0.25) is 0 Å². The number of aromatic nitrogens is 2. The van der Waals surface area contributed by atoms with Crippen LogP contribution in [0.4, 0.5) is 0 Å². The lowest BCUT2D eigenvalue weighted by atomic mass is 10.1. The summed E-state index contributed by atoms with van der Waals surface area (Å²) in [7, 11) is 2.17. The quantitative estimate of drug-likeness (QED) is 0.779. The summed E-state index contributed by atoms with van der Waals surface area (Å²) in [6.45, 7) is 4.91. The number of hydrogen-bond donors (Lipinski definition) is 1. The van der Waals surface area contributed by atoms with Crippen molar-refractivity contribution in [2.24, 2.45) is 11.7 Å². The van der Waals surface area contributed by atoms with E-state index in [1.165, 1.54) is 18.4 Å². The largest absolute Gasteiger partial charge is 0.329 e. The summed E-state index contributed by atoms with van der Waals surface area (Å²) in [6.07, 6.45) is 7.96. The van der Waals surface area contributed by atoms with Crippen LogP contribution in [0.3, 0.4) is 0 Å². The van der Waals surface area contributed by atoms with Crippen molar-refractivity contribution in [2.75, 3.05) is 13.6 Å². The molecule has 0 spiro atoms. The summed E-state index contributed by atoms with van der Waals surface area (Å²) in [5.74, 6) is 0.829. The fourth-order valence-electron chi connectivity index (χ4n) is 2.46. The normalized spacial score (nSPS) is 17.6. The lowest BCUT2D eigenvalue weighted by molar-refractivity contribution is 0.215. The first-order chi connectivity index (χ1) is 8.24. The molecule has 1 aliphatic carbocycles. The topological polar surface area (TPSA) is 47.1 Å². The first-order valence-electron chi connectivity index (χ1n) is 6.66. The minimum atomic E-state index is 0.546. The Kier molecular flexibility index (Phi) is 4.18. The Labute approximate surface area is 104 Å². The number of rotatable bonds is 7. The molecule has 1 fully saturated rings. The lowest BCUT2D eigenvalue weighted by Gasteiger charge is -2.26. The third-order valence-electron chi connectivity index (χ3n) is 3.55. The van der Waals surface area contributed by atoms with Gasteiger partial charge in [-0.1, -0.05) is 6.92 Å². The molecule has 1 saturated carbocycles. The van der Waals surface area contributed by atoms with Gasteiger partial charge >= 0.3 is 0 Å². The monoisotopic (exact) mass is 236 g/mol. The van der Waals surface area contributed by atoms with Gasteiger partial charge in [-0.2, -0.15) is 5.10 Å². The molecular weight excluding hydrogens is 212 g/mol. The molecule has 96 valence electrons. The molecule has 1 aromatic rings. The first-order valence-corrected chi connectivity index (χ1v) is 6.66. The van der Waals surface area contributed by atoms with Gasteiger partial charge in [0.05, 0.1) is 6.20 Å². The summed E-state index contributed by atoms with van der Waals surface area (Å²) in [5, 5.41) is 4.36. The van der Waals surface area contributed by atoms with Crippen LogP contribution in [0, 0.1) is 5.92 Å². The van der Waals surface area contributed by atoms with E-state index in [1.807, 2.05) is 10.9 Å². The smallest absolute Gasteiger partial charge is 0.0534 e. The minimum Gasteiger partial charge on any atom is -0.329 e. The van der Waals surface area contributed by atoms with E-state index in [0.29, 0.717) is 6.04 Å². The van der Waals surface area contributed by atoms with Gasteiger partial charge in [0.2, 0.25) is 0 Å². The summed E-state index contributed by atoms with van der Waals surface area (Å²) in [6, 6.07) is 0.546. The highest BCUT2D eigenvalue weighted by Gasteiger charge is 2.32. The van der Waals surface area contributed by atoms with Gasteiger partial charge in [0.15, 0.2) is 0 Å². The van der Waals surface area contributed by atoms with Crippen LogP contribution in [-0.2, 0) is 13.1 Å². The molecule has 17 heavy (non-hydrogen) atoms. The molecule has 4 nitrogen and oxygen atoms in total. The molecule has 0 radical (unpaired) electrons. The molecule has 1 unspecified atom stereocenters. The van der Waals surface area contributed by atoms with E-state index in [-0.39, 0.29) is 0 Å². The maximum absolute atomic E-state index is 5.86. The second kappa shape index (κ2) is 5.65. The van der Waals surface area contributed by atoms with Crippen LogP contribution in [0.15, 0.2) is 12.4 Å². The summed E-state index contributed by atoms with van der Waals surface area (Å²) >= 11 is 0. The van der Waals surface area contributed by atoms with Gasteiger partial charge < -0.3 is 5.73 Å². The van der Waals surface area contributed by atoms with Crippen molar-refractivity contribution >= 4 is 0 Å². The molecule has 2 rings (SSSR count). The van der Waals surface area contributed by atoms with Gasteiger partial charge in [-0.25, -0.2) is 0 Å². The van der Waals surface area contributed by atoms with Crippen molar-refractivity contribution in [3.63, 3.8) is 0 Å². The van der Waals surface area contributed by atoms with Crippen molar-refractivity contribution < 1.29 is 0 Å². The zero-order valence-corrected chi connectivity index (χ0v) is 11.0.